The Labute approximate surface area is 414 Å². The summed E-state index contributed by atoms with van der Waals surface area (Å²) in [6, 6.07) is 0. The van der Waals surface area contributed by atoms with E-state index in [-0.39, 0.29) is 31.1 Å². The molecule has 6 heteroatoms. The Morgan fingerprint density at radius 1 is 0.328 bits per heavy atom. The average molecular weight is 933 g/mol. The number of hydrogen-bond donors (Lipinski definition) is 0. The van der Waals surface area contributed by atoms with Crippen LogP contribution in [0.2, 0.25) is 0 Å². The molecule has 384 valence electrons. The highest BCUT2D eigenvalue weighted by atomic mass is 16.6. The van der Waals surface area contributed by atoms with Crippen molar-refractivity contribution in [3.05, 3.63) is 85.1 Å². The molecule has 0 aromatic heterocycles. The molecule has 1 unspecified atom stereocenters. The third-order valence-electron chi connectivity index (χ3n) is 11.9. The van der Waals surface area contributed by atoms with Gasteiger partial charge in [-0.05, 0) is 103 Å². The summed E-state index contributed by atoms with van der Waals surface area (Å²) in [6.45, 7) is 6.45. The summed E-state index contributed by atoms with van der Waals surface area (Å²) in [5.74, 6) is -0.910. The zero-order valence-corrected chi connectivity index (χ0v) is 43.9. The molecular formula is C61H104O6. The highest BCUT2D eigenvalue weighted by Crippen LogP contribution is 2.15. The van der Waals surface area contributed by atoms with Crippen LogP contribution in [0, 0.1) is 0 Å². The van der Waals surface area contributed by atoms with E-state index in [2.05, 4.69) is 106 Å². The Balaban J connectivity index is 4.37. The molecule has 0 N–H and O–H groups in total. The summed E-state index contributed by atoms with van der Waals surface area (Å²) in [5, 5.41) is 0. The van der Waals surface area contributed by atoms with Gasteiger partial charge in [-0.1, -0.05) is 228 Å². The SMILES string of the molecule is CC/C=C\C/C=C\C/C=C\C/C=C\CCCCCCCCC(=O)OCC(COC(=O)CCCCCCC/C=C\CCCC)OC(=O)CCCCCCCCCCCC/C=C\C=C/CCCCC. The van der Waals surface area contributed by atoms with Crippen molar-refractivity contribution in [3.8, 4) is 0 Å². The standard InChI is InChI=1S/C61H104O6/c1-4-7-10-13-16-19-22-24-26-28-30-32-34-36-39-42-45-48-51-54-60(63)66-57-58(56-65-59(62)53-50-47-44-41-38-21-18-15-12-9-6-3)67-61(64)55-52-49-46-43-40-37-35-33-31-29-27-25-23-20-17-14-11-8-5-2/h7,10,15-20,23-26,30,32,58H,4-6,8-9,11-14,21-22,27-29,31,33-57H2,1-3H3/b10-7-,18-15-,19-16-,20-17-,25-23-,26-24-,32-30-. The molecule has 0 rings (SSSR count). The van der Waals surface area contributed by atoms with Gasteiger partial charge in [-0.2, -0.15) is 0 Å². The minimum Gasteiger partial charge on any atom is -0.462 e. The van der Waals surface area contributed by atoms with Gasteiger partial charge in [-0.15, -0.1) is 0 Å². The molecule has 0 aliphatic carbocycles. The van der Waals surface area contributed by atoms with Gasteiger partial charge < -0.3 is 14.2 Å². The molecule has 0 spiro atoms. The van der Waals surface area contributed by atoms with Crippen LogP contribution in [0.3, 0.4) is 0 Å². The highest BCUT2D eigenvalue weighted by Gasteiger charge is 2.19. The van der Waals surface area contributed by atoms with Crippen molar-refractivity contribution in [3.63, 3.8) is 0 Å². The van der Waals surface area contributed by atoms with Crippen molar-refractivity contribution in [2.45, 2.75) is 271 Å². The number of carbonyl (C=O) groups excluding carboxylic acids is 3. The van der Waals surface area contributed by atoms with Crippen molar-refractivity contribution in [1.29, 1.82) is 0 Å². The van der Waals surface area contributed by atoms with Gasteiger partial charge in [0, 0.05) is 19.3 Å². The maximum absolute atomic E-state index is 12.8. The van der Waals surface area contributed by atoms with Crippen molar-refractivity contribution >= 4 is 17.9 Å². The fourth-order valence-corrected chi connectivity index (χ4v) is 7.64. The first-order valence-electron chi connectivity index (χ1n) is 28.1. The molecule has 6 nitrogen and oxygen atoms in total. The summed E-state index contributed by atoms with van der Waals surface area (Å²) in [5.41, 5.74) is 0. The number of carbonyl (C=O) groups is 3. The molecule has 1 atom stereocenters. The van der Waals surface area contributed by atoms with E-state index in [0.29, 0.717) is 19.3 Å². The van der Waals surface area contributed by atoms with E-state index in [9.17, 15) is 14.4 Å². The monoisotopic (exact) mass is 933 g/mol. The molecule has 0 saturated carbocycles. The van der Waals surface area contributed by atoms with Crippen molar-refractivity contribution in [2.24, 2.45) is 0 Å². The summed E-state index contributed by atoms with van der Waals surface area (Å²) < 4.78 is 16.8. The number of rotatable bonds is 50. The third-order valence-corrected chi connectivity index (χ3v) is 11.9. The van der Waals surface area contributed by atoms with Crippen LogP contribution in [-0.2, 0) is 28.6 Å². The second kappa shape index (κ2) is 55.2. The summed E-state index contributed by atoms with van der Waals surface area (Å²) >= 11 is 0. The number of hydrogen-bond acceptors (Lipinski definition) is 6. The third kappa shape index (κ3) is 53.4. The molecule has 0 aromatic rings. The lowest BCUT2D eigenvalue weighted by molar-refractivity contribution is -0.167. The van der Waals surface area contributed by atoms with Gasteiger partial charge in [-0.3, -0.25) is 14.4 Å². The number of ether oxygens (including phenoxy) is 3. The van der Waals surface area contributed by atoms with Gasteiger partial charge in [0.25, 0.3) is 0 Å². The van der Waals surface area contributed by atoms with Gasteiger partial charge in [0.1, 0.15) is 13.2 Å². The number of allylic oxidation sites excluding steroid dienone is 14. The van der Waals surface area contributed by atoms with Gasteiger partial charge in [0.15, 0.2) is 6.10 Å². The molecule has 0 amide bonds. The van der Waals surface area contributed by atoms with E-state index in [1.54, 1.807) is 0 Å². The normalized spacial score (nSPS) is 12.7. The molecule has 0 radical (unpaired) electrons. The van der Waals surface area contributed by atoms with E-state index in [4.69, 9.17) is 14.2 Å². The molecule has 0 aliphatic rings. The second-order valence-corrected chi connectivity index (χ2v) is 18.5. The van der Waals surface area contributed by atoms with Crippen molar-refractivity contribution in [2.75, 3.05) is 13.2 Å². The fraction of sp³-hybridized carbons (Fsp3) is 0.721. The van der Waals surface area contributed by atoms with E-state index < -0.39 is 6.10 Å². The van der Waals surface area contributed by atoms with E-state index in [1.807, 2.05) is 0 Å². The summed E-state index contributed by atoms with van der Waals surface area (Å²) in [6.07, 6.45) is 71.4. The lowest BCUT2D eigenvalue weighted by Gasteiger charge is -2.18. The average Bonchev–Trinajstić information content (AvgIpc) is 3.33. The first-order chi connectivity index (χ1) is 33.0. The molecule has 0 bridgehead atoms. The van der Waals surface area contributed by atoms with E-state index in [1.165, 1.54) is 128 Å². The second-order valence-electron chi connectivity index (χ2n) is 18.5. The zero-order valence-electron chi connectivity index (χ0n) is 43.9. The molecule has 0 saturated heterocycles. The number of unbranched alkanes of at least 4 members (excludes halogenated alkanes) is 26. The maximum atomic E-state index is 12.8. The quantitative estimate of drug-likeness (QED) is 0.0199. The van der Waals surface area contributed by atoms with Gasteiger partial charge >= 0.3 is 17.9 Å². The lowest BCUT2D eigenvalue weighted by atomic mass is 10.1. The fourth-order valence-electron chi connectivity index (χ4n) is 7.64. The predicted octanol–water partition coefficient (Wildman–Crippen LogP) is 18.8. The van der Waals surface area contributed by atoms with Crippen LogP contribution in [0.1, 0.15) is 265 Å². The van der Waals surface area contributed by atoms with E-state index >= 15 is 0 Å². The van der Waals surface area contributed by atoms with Gasteiger partial charge in [0.05, 0.1) is 0 Å². The molecule has 0 aliphatic heterocycles. The van der Waals surface area contributed by atoms with Crippen LogP contribution in [-0.4, -0.2) is 37.2 Å². The smallest absolute Gasteiger partial charge is 0.306 e. The summed E-state index contributed by atoms with van der Waals surface area (Å²) in [4.78, 5) is 38.1. The van der Waals surface area contributed by atoms with Crippen LogP contribution in [0.5, 0.6) is 0 Å². The van der Waals surface area contributed by atoms with Crippen LogP contribution in [0.4, 0.5) is 0 Å². The van der Waals surface area contributed by atoms with Crippen LogP contribution in [0.25, 0.3) is 0 Å². The van der Waals surface area contributed by atoms with Crippen LogP contribution < -0.4 is 0 Å². The molecule has 0 aromatic carbocycles. The Morgan fingerprint density at radius 3 is 1.06 bits per heavy atom. The minimum atomic E-state index is -0.788. The minimum absolute atomic E-state index is 0.0869. The largest absolute Gasteiger partial charge is 0.462 e. The zero-order chi connectivity index (χ0) is 48.6. The Kier molecular flexibility index (Phi) is 52.4. The van der Waals surface area contributed by atoms with Gasteiger partial charge in [-0.25, -0.2) is 0 Å². The first kappa shape index (κ1) is 63.6. The highest BCUT2D eigenvalue weighted by molar-refractivity contribution is 5.71. The Morgan fingerprint density at radius 2 is 0.642 bits per heavy atom. The molecule has 67 heavy (non-hydrogen) atoms. The first-order valence-corrected chi connectivity index (χ1v) is 28.1. The number of esters is 3. The molecular weight excluding hydrogens is 829 g/mol. The van der Waals surface area contributed by atoms with Crippen LogP contribution in [0.15, 0.2) is 85.1 Å². The van der Waals surface area contributed by atoms with Crippen molar-refractivity contribution in [1.82, 2.24) is 0 Å². The van der Waals surface area contributed by atoms with Gasteiger partial charge in [0.2, 0.25) is 0 Å². The molecule has 0 heterocycles. The lowest BCUT2D eigenvalue weighted by Crippen LogP contribution is -2.30. The Hall–Kier alpha value is -3.41. The summed E-state index contributed by atoms with van der Waals surface area (Å²) in [7, 11) is 0. The molecule has 0 fully saturated rings. The Bertz CT molecular complexity index is 1300. The predicted molar refractivity (Wildman–Crippen MR) is 288 cm³/mol. The topological polar surface area (TPSA) is 78.9 Å². The van der Waals surface area contributed by atoms with E-state index in [0.717, 1.165) is 96.3 Å². The van der Waals surface area contributed by atoms with Crippen LogP contribution >= 0.6 is 0 Å². The van der Waals surface area contributed by atoms with Crippen molar-refractivity contribution < 1.29 is 28.6 Å². The maximum Gasteiger partial charge on any atom is 0.306 e.